The van der Waals surface area contributed by atoms with Gasteiger partial charge in [0.05, 0.1) is 40.3 Å². The molecule has 8 heteroatoms. The van der Waals surface area contributed by atoms with E-state index in [9.17, 15) is 19.5 Å². The summed E-state index contributed by atoms with van der Waals surface area (Å²) in [5.41, 5.74) is 0. The van der Waals surface area contributed by atoms with Crippen molar-refractivity contribution in [2.45, 2.75) is 244 Å². The largest absolute Gasteiger partial charge is 0.544 e. The van der Waals surface area contributed by atoms with Gasteiger partial charge in [-0.25, -0.2) is 0 Å². The molecule has 0 aromatic heterocycles. The van der Waals surface area contributed by atoms with Crippen LogP contribution < -0.4 is 5.11 Å². The summed E-state index contributed by atoms with van der Waals surface area (Å²) in [4.78, 5) is 37.0. The van der Waals surface area contributed by atoms with E-state index in [1.807, 2.05) is 0 Å². The molecular weight excluding hydrogens is 763 g/mol. The maximum absolute atomic E-state index is 12.7. The lowest BCUT2D eigenvalue weighted by atomic mass is 10.0. The van der Waals surface area contributed by atoms with E-state index in [4.69, 9.17) is 14.2 Å². The number of nitrogens with zero attached hydrogens (tertiary/aromatic N) is 1. The number of hydrogen-bond donors (Lipinski definition) is 0. The van der Waals surface area contributed by atoms with Gasteiger partial charge in [-0.05, 0) is 64.2 Å². The Kier molecular flexibility index (Phi) is 42.4. The van der Waals surface area contributed by atoms with Crippen LogP contribution in [0.4, 0.5) is 0 Å². The molecule has 0 aromatic rings. The fourth-order valence-electron chi connectivity index (χ4n) is 7.49. The zero-order valence-electron chi connectivity index (χ0n) is 40.6. The van der Waals surface area contributed by atoms with E-state index in [1.54, 1.807) is 21.1 Å². The molecule has 0 aromatic carbocycles. The average molecular weight is 860 g/mol. The number of likely N-dealkylation sites (N-methyl/N-ethyl adjacent to an activating group) is 1. The molecule has 0 aliphatic carbocycles. The highest BCUT2D eigenvalue weighted by atomic mass is 16.6. The van der Waals surface area contributed by atoms with Gasteiger partial charge in [0.25, 0.3) is 0 Å². The lowest BCUT2D eigenvalue weighted by molar-refractivity contribution is -0.889. The number of unbranched alkanes of at least 4 members (excludes halogenated alkanes) is 26. The number of carboxylic acids is 1. The average Bonchev–Trinajstić information content (AvgIpc) is 3.22. The number of quaternary nitrogens is 1. The Labute approximate surface area is 376 Å². The predicted molar refractivity (Wildman–Crippen MR) is 254 cm³/mol. The number of ether oxygens (including phenoxy) is 3. The van der Waals surface area contributed by atoms with Crippen molar-refractivity contribution in [2.75, 3.05) is 41.0 Å². The molecule has 0 bridgehead atoms. The summed E-state index contributed by atoms with van der Waals surface area (Å²) in [6, 6.07) is -0.728. The van der Waals surface area contributed by atoms with E-state index in [2.05, 4.69) is 50.3 Å². The smallest absolute Gasteiger partial charge is 0.306 e. The van der Waals surface area contributed by atoms with E-state index in [1.165, 1.54) is 135 Å². The Balaban J connectivity index is 4.19. The maximum atomic E-state index is 12.7. The molecule has 0 radical (unpaired) electrons. The molecule has 0 fully saturated rings. The fourth-order valence-corrected chi connectivity index (χ4v) is 7.49. The molecule has 0 spiro atoms. The Bertz CT molecular complexity index is 1090. The first-order valence-electron chi connectivity index (χ1n) is 25.5. The highest BCUT2D eigenvalue weighted by Crippen LogP contribution is 2.15. The van der Waals surface area contributed by atoms with Gasteiger partial charge in [0, 0.05) is 19.3 Å². The van der Waals surface area contributed by atoms with Gasteiger partial charge in [0.15, 0.2) is 6.10 Å². The third-order valence-electron chi connectivity index (χ3n) is 11.5. The van der Waals surface area contributed by atoms with Crippen molar-refractivity contribution in [3.63, 3.8) is 0 Å². The first kappa shape index (κ1) is 58.6. The summed E-state index contributed by atoms with van der Waals surface area (Å²) >= 11 is 0. The zero-order chi connectivity index (χ0) is 44.9. The van der Waals surface area contributed by atoms with Crippen LogP contribution in [-0.2, 0) is 28.6 Å². The van der Waals surface area contributed by atoms with E-state index in [-0.39, 0.29) is 42.7 Å². The molecule has 2 atom stereocenters. The molecular formula is C53H97NO7. The molecule has 0 saturated heterocycles. The molecule has 61 heavy (non-hydrogen) atoms. The van der Waals surface area contributed by atoms with Gasteiger partial charge < -0.3 is 28.6 Å². The van der Waals surface area contributed by atoms with Gasteiger partial charge in [-0.2, -0.15) is 0 Å². The SMILES string of the molecule is CCCC/C=C\C/C=C\CCCCCCCC(=O)OC(COCCC(C(=O)[O-])[N+](C)(C)C)COC(=O)CCCCCCCCCCCCC/C=C\CCCCCCCCCC. The second-order valence-electron chi connectivity index (χ2n) is 18.4. The number of aliphatic carboxylic acids is 1. The Morgan fingerprint density at radius 3 is 1.33 bits per heavy atom. The summed E-state index contributed by atoms with van der Waals surface area (Å²) in [5, 5.41) is 11.6. The van der Waals surface area contributed by atoms with Crippen LogP contribution in [0.2, 0.25) is 0 Å². The molecule has 0 amide bonds. The van der Waals surface area contributed by atoms with Crippen molar-refractivity contribution < 1.29 is 38.2 Å². The van der Waals surface area contributed by atoms with Crippen LogP contribution in [0.5, 0.6) is 0 Å². The molecule has 0 N–H and O–H groups in total. The summed E-state index contributed by atoms with van der Waals surface area (Å²) in [5.74, 6) is -1.75. The number of rotatable bonds is 46. The number of allylic oxidation sites excluding steroid dienone is 6. The number of carboxylic acid groups (broad SMARTS) is 1. The van der Waals surface area contributed by atoms with E-state index < -0.39 is 18.1 Å². The van der Waals surface area contributed by atoms with Crippen LogP contribution in [0.15, 0.2) is 36.5 Å². The lowest BCUT2D eigenvalue weighted by Gasteiger charge is -2.34. The van der Waals surface area contributed by atoms with Crippen molar-refractivity contribution in [3.05, 3.63) is 36.5 Å². The molecule has 8 nitrogen and oxygen atoms in total. The van der Waals surface area contributed by atoms with Crippen molar-refractivity contribution >= 4 is 17.9 Å². The minimum absolute atomic E-state index is 0.0365. The maximum Gasteiger partial charge on any atom is 0.306 e. The fraction of sp³-hybridized carbons (Fsp3) is 0.830. The summed E-state index contributed by atoms with van der Waals surface area (Å²) < 4.78 is 17.2. The Morgan fingerprint density at radius 1 is 0.492 bits per heavy atom. The van der Waals surface area contributed by atoms with Gasteiger partial charge in [0.1, 0.15) is 12.6 Å². The summed E-state index contributed by atoms with van der Waals surface area (Å²) in [6.45, 7) is 4.63. The van der Waals surface area contributed by atoms with Crippen LogP contribution in [0.1, 0.15) is 232 Å². The highest BCUT2D eigenvalue weighted by Gasteiger charge is 2.25. The highest BCUT2D eigenvalue weighted by molar-refractivity contribution is 5.70. The monoisotopic (exact) mass is 860 g/mol. The van der Waals surface area contributed by atoms with E-state index >= 15 is 0 Å². The number of carbonyl (C=O) groups excluding carboxylic acids is 3. The van der Waals surface area contributed by atoms with Crippen LogP contribution in [0.25, 0.3) is 0 Å². The molecule has 356 valence electrons. The van der Waals surface area contributed by atoms with Gasteiger partial charge in [0.2, 0.25) is 0 Å². The third kappa shape index (κ3) is 42.6. The molecule has 2 unspecified atom stereocenters. The number of carbonyl (C=O) groups is 3. The van der Waals surface area contributed by atoms with Gasteiger partial charge in [-0.3, -0.25) is 9.59 Å². The molecule has 0 rings (SSSR count). The lowest BCUT2D eigenvalue weighted by Crippen LogP contribution is -2.55. The van der Waals surface area contributed by atoms with Gasteiger partial charge >= 0.3 is 11.9 Å². The van der Waals surface area contributed by atoms with Crippen molar-refractivity contribution in [1.82, 2.24) is 0 Å². The van der Waals surface area contributed by atoms with Crippen molar-refractivity contribution in [3.8, 4) is 0 Å². The molecule has 0 saturated carbocycles. The van der Waals surface area contributed by atoms with Gasteiger partial charge in [-0.1, -0.05) is 185 Å². The first-order valence-corrected chi connectivity index (χ1v) is 25.5. The van der Waals surface area contributed by atoms with Crippen LogP contribution in [-0.4, -0.2) is 75.5 Å². The third-order valence-corrected chi connectivity index (χ3v) is 11.5. The zero-order valence-corrected chi connectivity index (χ0v) is 40.6. The van der Waals surface area contributed by atoms with E-state index in [0.717, 1.165) is 64.2 Å². The number of hydrogen-bond acceptors (Lipinski definition) is 7. The number of esters is 2. The Morgan fingerprint density at radius 2 is 0.885 bits per heavy atom. The second kappa shape index (κ2) is 44.2. The quantitative estimate of drug-likeness (QED) is 0.0260. The second-order valence-corrected chi connectivity index (χ2v) is 18.4. The summed E-state index contributed by atoms with van der Waals surface area (Å²) in [6.07, 6.45) is 51.8. The summed E-state index contributed by atoms with van der Waals surface area (Å²) in [7, 11) is 5.41. The van der Waals surface area contributed by atoms with Crippen molar-refractivity contribution in [2.24, 2.45) is 0 Å². The minimum atomic E-state index is -1.13. The van der Waals surface area contributed by atoms with Gasteiger partial charge in [-0.15, -0.1) is 0 Å². The van der Waals surface area contributed by atoms with Crippen molar-refractivity contribution in [1.29, 1.82) is 0 Å². The molecule has 0 aliphatic heterocycles. The minimum Gasteiger partial charge on any atom is -0.544 e. The standard InChI is InChI=1S/C53H97NO7/c1-6-8-10-12-14-16-18-20-22-23-24-25-26-27-28-29-30-32-33-35-37-39-41-43-51(55)60-48-49(47-59-46-45-50(53(57)58)54(3,4)5)61-52(56)44-42-40-38-36-34-31-21-19-17-15-13-11-9-7-2/h13,15,19,21,23-24,49-50H,6-12,14,16-18,20,22,25-48H2,1-5H3/b15-13-,21-19-,24-23-. The first-order chi connectivity index (χ1) is 29.6. The normalized spacial score (nSPS) is 13.1. The molecule has 0 heterocycles. The molecule has 0 aliphatic rings. The van der Waals surface area contributed by atoms with Crippen LogP contribution in [0.3, 0.4) is 0 Å². The van der Waals surface area contributed by atoms with Crippen LogP contribution in [0, 0.1) is 0 Å². The topological polar surface area (TPSA) is 102 Å². The van der Waals surface area contributed by atoms with Crippen LogP contribution >= 0.6 is 0 Å². The van der Waals surface area contributed by atoms with E-state index in [0.29, 0.717) is 12.8 Å². The Hall–Kier alpha value is -2.45. The predicted octanol–water partition coefficient (Wildman–Crippen LogP) is 13.3.